The van der Waals surface area contributed by atoms with E-state index in [1.54, 1.807) is 6.33 Å². The maximum Gasteiger partial charge on any atom is 0.224 e. The van der Waals surface area contributed by atoms with Crippen molar-refractivity contribution in [3.8, 4) is 0 Å². The molecule has 0 spiro atoms. The molecule has 2 aromatic heterocycles. The first kappa shape index (κ1) is 14.3. The predicted octanol–water partition coefficient (Wildman–Crippen LogP) is 2.55. The van der Waals surface area contributed by atoms with E-state index in [1.807, 2.05) is 11.8 Å². The van der Waals surface area contributed by atoms with E-state index in [0.29, 0.717) is 11.6 Å². The van der Waals surface area contributed by atoms with Gasteiger partial charge < -0.3 is 15.6 Å². The monoisotopic (exact) mass is 326 g/mol. The zero-order chi connectivity index (χ0) is 15.6. The molecule has 7 heteroatoms. The summed E-state index contributed by atoms with van der Waals surface area (Å²) >= 11 is 1.92. The Hall–Kier alpha value is -2.28. The second-order valence-electron chi connectivity index (χ2n) is 5.73. The molecule has 1 aliphatic rings. The molecule has 1 aliphatic heterocycles. The molecule has 3 heterocycles. The van der Waals surface area contributed by atoms with Crippen LogP contribution in [0.15, 0.2) is 41.6 Å². The lowest BCUT2D eigenvalue weighted by molar-refractivity contribution is 0.670. The first-order chi connectivity index (χ1) is 11.3. The Morgan fingerprint density at radius 1 is 1.26 bits per heavy atom. The molecule has 1 fully saturated rings. The van der Waals surface area contributed by atoms with E-state index in [9.17, 15) is 0 Å². The Bertz CT molecular complexity index is 803. The van der Waals surface area contributed by atoms with Crippen LogP contribution in [0.25, 0.3) is 11.2 Å². The van der Waals surface area contributed by atoms with Gasteiger partial charge in [0.15, 0.2) is 11.5 Å². The number of nitrogen functional groups attached to an aromatic ring is 1. The summed E-state index contributed by atoms with van der Waals surface area (Å²) in [4.78, 5) is 19.5. The third kappa shape index (κ3) is 2.96. The highest BCUT2D eigenvalue weighted by atomic mass is 32.2. The van der Waals surface area contributed by atoms with E-state index in [2.05, 4.69) is 55.2 Å². The number of aromatic nitrogens is 4. The van der Waals surface area contributed by atoms with Crippen LogP contribution in [0.2, 0.25) is 0 Å². The van der Waals surface area contributed by atoms with Crippen molar-refractivity contribution in [2.24, 2.45) is 5.92 Å². The van der Waals surface area contributed by atoms with Crippen LogP contribution in [0.1, 0.15) is 6.42 Å². The van der Waals surface area contributed by atoms with E-state index in [0.717, 1.165) is 30.2 Å². The smallest absolute Gasteiger partial charge is 0.224 e. The Morgan fingerprint density at radius 2 is 2.13 bits per heavy atom. The number of rotatable bonds is 4. The van der Waals surface area contributed by atoms with Crippen LogP contribution in [0, 0.1) is 5.92 Å². The van der Waals surface area contributed by atoms with Gasteiger partial charge in [0, 0.05) is 23.7 Å². The van der Waals surface area contributed by atoms with Gasteiger partial charge in [-0.3, -0.25) is 0 Å². The van der Waals surface area contributed by atoms with Crippen LogP contribution in [-0.2, 0) is 0 Å². The molecule has 0 radical (unpaired) electrons. The molecular weight excluding hydrogens is 308 g/mol. The highest BCUT2D eigenvalue weighted by Gasteiger charge is 2.26. The van der Waals surface area contributed by atoms with Crippen LogP contribution in [-0.4, -0.2) is 38.8 Å². The minimum Gasteiger partial charge on any atom is -0.368 e. The van der Waals surface area contributed by atoms with Crippen LogP contribution in [0.3, 0.4) is 0 Å². The number of hydrogen-bond donors (Lipinski definition) is 2. The number of nitrogens with one attached hydrogen (secondary N) is 1. The number of anilines is 2. The van der Waals surface area contributed by atoms with Crippen LogP contribution < -0.4 is 10.6 Å². The molecule has 6 nitrogen and oxygen atoms in total. The first-order valence-electron chi connectivity index (χ1n) is 7.69. The minimum absolute atomic E-state index is 0.279. The summed E-state index contributed by atoms with van der Waals surface area (Å²) in [5, 5.41) is 0. The van der Waals surface area contributed by atoms with Gasteiger partial charge in [-0.15, -0.1) is 11.8 Å². The van der Waals surface area contributed by atoms with E-state index in [1.165, 1.54) is 11.3 Å². The second kappa shape index (κ2) is 6.08. The Labute approximate surface area is 138 Å². The molecule has 0 saturated carbocycles. The number of benzene rings is 1. The number of nitrogens with zero attached hydrogens (tertiary/aromatic N) is 4. The van der Waals surface area contributed by atoms with Crippen molar-refractivity contribution in [3.05, 3.63) is 36.7 Å². The van der Waals surface area contributed by atoms with Crippen molar-refractivity contribution < 1.29 is 0 Å². The van der Waals surface area contributed by atoms with Crippen LogP contribution in [0.4, 0.5) is 11.8 Å². The molecule has 1 saturated heterocycles. The number of hydrogen-bond acceptors (Lipinski definition) is 6. The average molecular weight is 326 g/mol. The Kier molecular flexibility index (Phi) is 3.78. The molecule has 0 unspecified atom stereocenters. The number of H-pyrrole nitrogens is 1. The third-order valence-corrected chi connectivity index (χ3v) is 5.34. The molecule has 3 N–H and O–H groups in total. The summed E-state index contributed by atoms with van der Waals surface area (Å²) in [6.07, 6.45) is 2.81. The average Bonchev–Trinajstić information content (AvgIpc) is 3.22. The van der Waals surface area contributed by atoms with Crippen LogP contribution >= 0.6 is 11.8 Å². The van der Waals surface area contributed by atoms with E-state index < -0.39 is 0 Å². The quantitative estimate of drug-likeness (QED) is 0.717. The van der Waals surface area contributed by atoms with Crippen molar-refractivity contribution in [3.63, 3.8) is 0 Å². The van der Waals surface area contributed by atoms with Gasteiger partial charge in [0.2, 0.25) is 5.95 Å². The predicted molar refractivity (Wildman–Crippen MR) is 93.6 cm³/mol. The van der Waals surface area contributed by atoms with Gasteiger partial charge in [0.05, 0.1) is 6.33 Å². The number of nitrogens with two attached hydrogens (primary N) is 1. The molecule has 0 bridgehead atoms. The lowest BCUT2D eigenvalue weighted by Gasteiger charge is -2.18. The zero-order valence-corrected chi connectivity index (χ0v) is 13.5. The minimum atomic E-state index is 0.279. The Balaban J connectivity index is 1.46. The molecular formula is C16H18N6S. The summed E-state index contributed by atoms with van der Waals surface area (Å²) in [6, 6.07) is 10.5. The molecule has 1 aromatic carbocycles. The molecule has 0 aliphatic carbocycles. The van der Waals surface area contributed by atoms with Gasteiger partial charge in [-0.1, -0.05) is 18.2 Å². The first-order valence-corrected chi connectivity index (χ1v) is 8.67. The molecule has 4 rings (SSSR count). The maximum atomic E-state index is 5.81. The van der Waals surface area contributed by atoms with Crippen molar-refractivity contribution in [1.29, 1.82) is 0 Å². The fourth-order valence-electron chi connectivity index (χ4n) is 2.95. The number of aromatic amines is 1. The van der Waals surface area contributed by atoms with Gasteiger partial charge >= 0.3 is 0 Å². The van der Waals surface area contributed by atoms with Gasteiger partial charge in [-0.25, -0.2) is 4.98 Å². The fourth-order valence-corrected chi connectivity index (χ4v) is 4.00. The molecule has 0 amide bonds. The van der Waals surface area contributed by atoms with Crippen molar-refractivity contribution in [2.75, 3.05) is 29.5 Å². The van der Waals surface area contributed by atoms with Gasteiger partial charge in [0.25, 0.3) is 0 Å². The van der Waals surface area contributed by atoms with E-state index in [4.69, 9.17) is 5.73 Å². The fraction of sp³-hybridized carbons (Fsp3) is 0.312. The summed E-state index contributed by atoms with van der Waals surface area (Å²) in [7, 11) is 0. The lowest BCUT2D eigenvalue weighted by atomic mass is 10.2. The highest BCUT2D eigenvalue weighted by Crippen LogP contribution is 2.30. The molecule has 23 heavy (non-hydrogen) atoms. The topological polar surface area (TPSA) is 83.7 Å². The standard InChI is InChI=1S/C16H18N6S/c17-16-20-14-13(18-10-19-14)15(21-16)22-7-6-11(8-22)9-23-12-4-2-1-3-5-12/h1-5,10-11H,6-9H2,(H3,17,18,19,20,21)/t11-/m0/s1. The van der Waals surface area contributed by atoms with Crippen molar-refractivity contribution in [2.45, 2.75) is 11.3 Å². The number of imidazole rings is 1. The van der Waals surface area contributed by atoms with Gasteiger partial charge in [-0.05, 0) is 24.5 Å². The number of thioether (sulfide) groups is 1. The highest BCUT2D eigenvalue weighted by molar-refractivity contribution is 7.99. The van der Waals surface area contributed by atoms with E-state index in [-0.39, 0.29) is 5.95 Å². The van der Waals surface area contributed by atoms with E-state index >= 15 is 0 Å². The summed E-state index contributed by atoms with van der Waals surface area (Å²) in [5.41, 5.74) is 7.32. The maximum absolute atomic E-state index is 5.81. The van der Waals surface area contributed by atoms with Gasteiger partial charge in [-0.2, -0.15) is 9.97 Å². The van der Waals surface area contributed by atoms with Crippen molar-refractivity contribution >= 4 is 34.7 Å². The lowest BCUT2D eigenvalue weighted by Crippen LogP contribution is -2.22. The van der Waals surface area contributed by atoms with Crippen LogP contribution in [0.5, 0.6) is 0 Å². The molecule has 1 atom stereocenters. The normalized spacial score (nSPS) is 17.9. The van der Waals surface area contributed by atoms with Crippen molar-refractivity contribution in [1.82, 2.24) is 19.9 Å². The zero-order valence-electron chi connectivity index (χ0n) is 12.6. The second-order valence-corrected chi connectivity index (χ2v) is 6.82. The SMILES string of the molecule is Nc1nc(N2CC[C@H](CSc3ccccc3)C2)c2[nH]cnc2n1. The summed E-state index contributed by atoms with van der Waals surface area (Å²) in [5.74, 6) is 2.92. The molecule has 3 aromatic rings. The Morgan fingerprint density at radius 3 is 3.00 bits per heavy atom. The largest absolute Gasteiger partial charge is 0.368 e. The molecule has 118 valence electrons. The number of fused-ring (bicyclic) bond motifs is 1. The summed E-state index contributed by atoms with van der Waals surface area (Å²) in [6.45, 7) is 1.98. The van der Waals surface area contributed by atoms with Gasteiger partial charge in [0.1, 0.15) is 5.52 Å². The third-order valence-electron chi connectivity index (χ3n) is 4.10. The summed E-state index contributed by atoms with van der Waals surface area (Å²) < 4.78 is 0.